The van der Waals surface area contributed by atoms with Crippen molar-refractivity contribution in [2.24, 2.45) is 11.8 Å². The maximum atomic E-state index is 5.32. The van der Waals surface area contributed by atoms with E-state index in [4.69, 9.17) is 4.74 Å². The summed E-state index contributed by atoms with van der Waals surface area (Å²) in [6.45, 7) is 5.47. The summed E-state index contributed by atoms with van der Waals surface area (Å²) < 4.78 is 5.32. The molecule has 1 aromatic heterocycles. The van der Waals surface area contributed by atoms with Gasteiger partial charge in [-0.25, -0.2) is 9.97 Å². The van der Waals surface area contributed by atoms with Crippen molar-refractivity contribution in [3.63, 3.8) is 0 Å². The molecule has 120 valence electrons. The van der Waals surface area contributed by atoms with Crippen LogP contribution in [-0.2, 0) is 6.54 Å². The molecular weight excluding hydrogens is 288 g/mol. The van der Waals surface area contributed by atoms with E-state index in [1.54, 1.807) is 7.11 Å². The molecule has 5 heteroatoms. The maximum absolute atomic E-state index is 5.32. The molecule has 4 rings (SSSR count). The van der Waals surface area contributed by atoms with Crippen LogP contribution in [0.15, 0.2) is 42.7 Å². The summed E-state index contributed by atoms with van der Waals surface area (Å²) in [5.74, 6) is 3.27. The third-order valence-electron chi connectivity index (χ3n) is 4.94. The number of rotatable bonds is 4. The number of anilines is 1. The molecule has 0 amide bonds. The Bertz CT molecular complexity index is 649. The minimum absolute atomic E-state index is 0.726. The minimum Gasteiger partial charge on any atom is -0.497 e. The fourth-order valence-corrected chi connectivity index (χ4v) is 3.87. The van der Waals surface area contributed by atoms with Crippen molar-refractivity contribution < 1.29 is 4.74 Å². The van der Waals surface area contributed by atoms with E-state index in [2.05, 4.69) is 38.0 Å². The normalized spacial score (nSPS) is 24.0. The van der Waals surface area contributed by atoms with Crippen molar-refractivity contribution in [3.05, 3.63) is 48.3 Å². The SMILES string of the molecule is COc1cccc(CN2CC3CN(c4ncccn4)CC3C2)c1. The number of hydrogen-bond donors (Lipinski definition) is 0. The Labute approximate surface area is 136 Å². The Morgan fingerprint density at radius 1 is 1.04 bits per heavy atom. The Balaban J connectivity index is 1.37. The smallest absolute Gasteiger partial charge is 0.225 e. The average Bonchev–Trinajstić information content (AvgIpc) is 3.14. The van der Waals surface area contributed by atoms with Crippen molar-refractivity contribution >= 4 is 5.95 Å². The monoisotopic (exact) mass is 310 g/mol. The highest BCUT2D eigenvalue weighted by Gasteiger charge is 2.40. The second kappa shape index (κ2) is 6.16. The van der Waals surface area contributed by atoms with Crippen LogP contribution in [0.3, 0.4) is 0 Å². The van der Waals surface area contributed by atoms with Crippen LogP contribution in [0.1, 0.15) is 5.56 Å². The van der Waals surface area contributed by atoms with Crippen molar-refractivity contribution in [1.29, 1.82) is 0 Å². The highest BCUT2D eigenvalue weighted by atomic mass is 16.5. The fourth-order valence-electron chi connectivity index (χ4n) is 3.87. The number of hydrogen-bond acceptors (Lipinski definition) is 5. The highest BCUT2D eigenvalue weighted by molar-refractivity contribution is 5.32. The van der Waals surface area contributed by atoms with Crippen molar-refractivity contribution in [1.82, 2.24) is 14.9 Å². The molecule has 2 fully saturated rings. The number of ether oxygens (including phenoxy) is 1. The highest BCUT2D eigenvalue weighted by Crippen LogP contribution is 2.33. The number of likely N-dealkylation sites (tertiary alicyclic amines) is 1. The molecule has 2 aliphatic rings. The average molecular weight is 310 g/mol. The summed E-state index contributed by atoms with van der Waals surface area (Å²) in [7, 11) is 1.72. The number of aromatic nitrogens is 2. The van der Waals surface area contributed by atoms with Gasteiger partial charge in [0.25, 0.3) is 0 Å². The van der Waals surface area contributed by atoms with Gasteiger partial charge in [0.05, 0.1) is 7.11 Å². The van der Waals surface area contributed by atoms with Crippen molar-refractivity contribution in [2.45, 2.75) is 6.54 Å². The molecule has 3 heterocycles. The molecule has 0 bridgehead atoms. The molecule has 0 radical (unpaired) electrons. The van der Waals surface area contributed by atoms with Crippen molar-refractivity contribution in [3.8, 4) is 5.75 Å². The second-order valence-electron chi connectivity index (χ2n) is 6.52. The van der Waals surface area contributed by atoms with Crippen LogP contribution in [0.5, 0.6) is 5.75 Å². The van der Waals surface area contributed by atoms with Crippen LogP contribution in [-0.4, -0.2) is 48.2 Å². The Kier molecular flexibility index (Phi) is 3.87. The minimum atomic E-state index is 0.726. The molecule has 0 spiro atoms. The lowest BCUT2D eigenvalue weighted by molar-refractivity contribution is 0.308. The van der Waals surface area contributed by atoms with Gasteiger partial charge < -0.3 is 9.64 Å². The van der Waals surface area contributed by atoms with Gasteiger partial charge in [-0.3, -0.25) is 4.90 Å². The first-order valence-corrected chi connectivity index (χ1v) is 8.19. The predicted octanol–water partition coefficient (Wildman–Crippen LogP) is 2.05. The van der Waals surface area contributed by atoms with Crippen LogP contribution in [0, 0.1) is 11.8 Å². The molecule has 5 nitrogen and oxygen atoms in total. The van der Waals surface area contributed by atoms with E-state index in [0.29, 0.717) is 0 Å². The van der Waals surface area contributed by atoms with Gasteiger partial charge in [-0.1, -0.05) is 12.1 Å². The van der Waals surface area contributed by atoms with Gasteiger partial charge in [-0.05, 0) is 35.6 Å². The number of fused-ring (bicyclic) bond motifs is 1. The van der Waals surface area contributed by atoms with Crippen LogP contribution in [0.4, 0.5) is 5.95 Å². The summed E-state index contributed by atoms with van der Waals surface area (Å²) in [5.41, 5.74) is 1.33. The van der Waals surface area contributed by atoms with E-state index in [9.17, 15) is 0 Å². The third-order valence-corrected chi connectivity index (χ3v) is 4.94. The largest absolute Gasteiger partial charge is 0.497 e. The van der Waals surface area contributed by atoms with E-state index >= 15 is 0 Å². The van der Waals surface area contributed by atoms with Gasteiger partial charge >= 0.3 is 0 Å². The predicted molar refractivity (Wildman–Crippen MR) is 89.5 cm³/mol. The zero-order valence-electron chi connectivity index (χ0n) is 13.4. The van der Waals surface area contributed by atoms with Crippen molar-refractivity contribution in [2.75, 3.05) is 38.2 Å². The molecule has 23 heavy (non-hydrogen) atoms. The van der Waals surface area contributed by atoms with E-state index in [1.807, 2.05) is 24.5 Å². The molecule has 0 saturated carbocycles. The fraction of sp³-hybridized carbons (Fsp3) is 0.444. The molecule has 2 saturated heterocycles. The van der Waals surface area contributed by atoms with Gasteiger partial charge in [0.15, 0.2) is 0 Å². The van der Waals surface area contributed by atoms with Crippen LogP contribution >= 0.6 is 0 Å². The summed E-state index contributed by atoms with van der Waals surface area (Å²) in [4.78, 5) is 13.7. The topological polar surface area (TPSA) is 41.5 Å². The number of nitrogens with zero attached hydrogens (tertiary/aromatic N) is 4. The Morgan fingerprint density at radius 2 is 1.78 bits per heavy atom. The lowest BCUT2D eigenvalue weighted by Crippen LogP contribution is -2.29. The quantitative estimate of drug-likeness (QED) is 0.864. The van der Waals surface area contributed by atoms with E-state index in [1.165, 1.54) is 5.56 Å². The first kappa shape index (κ1) is 14.5. The lowest BCUT2D eigenvalue weighted by Gasteiger charge is -2.21. The van der Waals surface area contributed by atoms with E-state index in [0.717, 1.165) is 56.3 Å². The summed E-state index contributed by atoms with van der Waals surface area (Å²) in [6.07, 6.45) is 3.65. The third kappa shape index (κ3) is 3.01. The second-order valence-corrected chi connectivity index (χ2v) is 6.52. The zero-order valence-corrected chi connectivity index (χ0v) is 13.4. The first-order chi connectivity index (χ1) is 11.3. The molecule has 0 N–H and O–H groups in total. The van der Waals surface area contributed by atoms with E-state index in [-0.39, 0.29) is 0 Å². The van der Waals surface area contributed by atoms with Crippen LogP contribution in [0.2, 0.25) is 0 Å². The summed E-state index contributed by atoms with van der Waals surface area (Å²) in [5, 5.41) is 0. The zero-order chi connectivity index (χ0) is 15.6. The molecule has 1 aromatic carbocycles. The molecular formula is C18H22N4O. The van der Waals surface area contributed by atoms with Crippen LogP contribution in [0.25, 0.3) is 0 Å². The Morgan fingerprint density at radius 3 is 2.48 bits per heavy atom. The maximum Gasteiger partial charge on any atom is 0.225 e. The molecule has 0 aliphatic carbocycles. The van der Waals surface area contributed by atoms with E-state index < -0.39 is 0 Å². The number of benzene rings is 1. The van der Waals surface area contributed by atoms with Gasteiger partial charge in [0.2, 0.25) is 5.95 Å². The Hall–Kier alpha value is -2.14. The number of methoxy groups -OCH3 is 1. The van der Waals surface area contributed by atoms with Gasteiger partial charge in [0.1, 0.15) is 5.75 Å². The first-order valence-electron chi connectivity index (χ1n) is 8.19. The molecule has 2 atom stereocenters. The van der Waals surface area contributed by atoms with Gasteiger partial charge in [-0.15, -0.1) is 0 Å². The van der Waals surface area contributed by atoms with Gasteiger partial charge in [0, 0.05) is 45.1 Å². The molecule has 2 unspecified atom stereocenters. The molecule has 2 aliphatic heterocycles. The molecule has 2 aromatic rings. The summed E-state index contributed by atoms with van der Waals surface area (Å²) in [6, 6.07) is 10.3. The van der Waals surface area contributed by atoms with Gasteiger partial charge in [-0.2, -0.15) is 0 Å². The summed E-state index contributed by atoms with van der Waals surface area (Å²) >= 11 is 0. The standard InChI is InChI=1S/C18H22N4O/c1-23-17-5-2-4-14(8-17)9-21-10-15-12-22(13-16(15)11-21)18-19-6-3-7-20-18/h2-8,15-16H,9-13H2,1H3. The lowest BCUT2D eigenvalue weighted by atomic mass is 10.0. The van der Waals surface area contributed by atoms with Crippen LogP contribution < -0.4 is 9.64 Å².